The van der Waals surface area contributed by atoms with Gasteiger partial charge < -0.3 is 5.32 Å². The van der Waals surface area contributed by atoms with Crippen molar-refractivity contribution in [1.82, 2.24) is 15.1 Å². The molecule has 1 aliphatic carbocycles. The van der Waals surface area contributed by atoms with E-state index in [4.69, 9.17) is 0 Å². The van der Waals surface area contributed by atoms with Gasteiger partial charge in [-0.05, 0) is 60.4 Å². The number of nitrogens with zero attached hydrogens (tertiary/aromatic N) is 2. The molecule has 1 aromatic heterocycles. The molecule has 3 aromatic rings. The molecule has 2 aromatic carbocycles. The van der Waals surface area contributed by atoms with Gasteiger partial charge in [0.05, 0.1) is 11.9 Å². The summed E-state index contributed by atoms with van der Waals surface area (Å²) in [5.41, 5.74) is 7.03. The van der Waals surface area contributed by atoms with E-state index in [2.05, 4.69) is 75.9 Å². The lowest BCUT2D eigenvalue weighted by atomic mass is 9.93. The van der Waals surface area contributed by atoms with Crippen LogP contribution in [0, 0.1) is 0 Å². The number of benzene rings is 2. The number of para-hydroxylation sites is 1. The Hall–Kier alpha value is -2.39. The minimum absolute atomic E-state index is 0.518. The largest absolute Gasteiger partial charge is 0.306 e. The molecule has 0 saturated heterocycles. The first-order chi connectivity index (χ1) is 12.4. The Labute approximate surface area is 148 Å². The van der Waals surface area contributed by atoms with Crippen molar-refractivity contribution in [3.63, 3.8) is 0 Å². The van der Waals surface area contributed by atoms with Gasteiger partial charge in [-0.1, -0.05) is 42.5 Å². The van der Waals surface area contributed by atoms with Crippen molar-refractivity contribution in [1.29, 1.82) is 0 Å². The van der Waals surface area contributed by atoms with Gasteiger partial charge >= 0.3 is 0 Å². The molecular weight excluding hydrogens is 306 g/mol. The zero-order valence-electron chi connectivity index (χ0n) is 14.4. The fraction of sp³-hybridized carbons (Fsp3) is 0.318. The van der Waals surface area contributed by atoms with E-state index in [0.29, 0.717) is 12.0 Å². The van der Waals surface area contributed by atoms with E-state index in [1.165, 1.54) is 47.3 Å². The summed E-state index contributed by atoms with van der Waals surface area (Å²) in [6.45, 7) is 1.02. The molecule has 0 saturated carbocycles. The van der Waals surface area contributed by atoms with Crippen molar-refractivity contribution in [3.8, 4) is 5.69 Å². The van der Waals surface area contributed by atoms with Gasteiger partial charge in [-0.2, -0.15) is 5.10 Å². The van der Waals surface area contributed by atoms with E-state index in [9.17, 15) is 0 Å². The third-order valence-electron chi connectivity index (χ3n) is 5.84. The maximum absolute atomic E-state index is 4.68. The van der Waals surface area contributed by atoms with Gasteiger partial charge in [-0.15, -0.1) is 0 Å². The number of hydrogen-bond acceptors (Lipinski definition) is 2. The summed E-state index contributed by atoms with van der Waals surface area (Å²) < 4.78 is 2.14. The molecular formula is C22H23N3. The van der Waals surface area contributed by atoms with Crippen molar-refractivity contribution in [2.75, 3.05) is 0 Å². The maximum Gasteiger partial charge on any atom is 0.0648 e. The molecule has 2 heterocycles. The molecule has 0 spiro atoms. The Balaban J connectivity index is 1.32. The molecule has 1 N–H and O–H groups in total. The predicted octanol–water partition coefficient (Wildman–Crippen LogP) is 4.53. The van der Waals surface area contributed by atoms with Crippen molar-refractivity contribution in [2.24, 2.45) is 0 Å². The minimum atomic E-state index is 0.518. The van der Waals surface area contributed by atoms with Crippen LogP contribution >= 0.6 is 0 Å². The molecule has 0 amide bonds. The fourth-order valence-corrected chi connectivity index (χ4v) is 4.54. The van der Waals surface area contributed by atoms with E-state index in [-0.39, 0.29) is 0 Å². The highest BCUT2D eigenvalue weighted by molar-refractivity contribution is 5.38. The SMILES string of the molecule is c1ccc(-n2ncc3c2CCC3CCC2NCc3ccccc32)cc1. The van der Waals surface area contributed by atoms with Crippen LogP contribution in [-0.4, -0.2) is 9.78 Å². The predicted molar refractivity (Wildman–Crippen MR) is 99.9 cm³/mol. The summed E-state index contributed by atoms with van der Waals surface area (Å²) in [6, 6.07) is 19.9. The Morgan fingerprint density at radius 1 is 0.960 bits per heavy atom. The molecule has 2 atom stereocenters. The highest BCUT2D eigenvalue weighted by atomic mass is 15.3. The fourth-order valence-electron chi connectivity index (χ4n) is 4.54. The molecule has 3 nitrogen and oxygen atoms in total. The molecule has 0 fully saturated rings. The van der Waals surface area contributed by atoms with Gasteiger partial charge in [0.15, 0.2) is 0 Å². The lowest BCUT2D eigenvalue weighted by molar-refractivity contribution is 0.480. The number of aromatic nitrogens is 2. The van der Waals surface area contributed by atoms with E-state index >= 15 is 0 Å². The van der Waals surface area contributed by atoms with E-state index in [0.717, 1.165) is 13.0 Å². The number of fused-ring (bicyclic) bond motifs is 2. The second-order valence-corrected chi connectivity index (χ2v) is 7.24. The molecule has 5 rings (SSSR count). The van der Waals surface area contributed by atoms with Crippen molar-refractivity contribution >= 4 is 0 Å². The first kappa shape index (κ1) is 14.9. The molecule has 2 aliphatic rings. The van der Waals surface area contributed by atoms with Gasteiger partial charge in [0.1, 0.15) is 0 Å². The second-order valence-electron chi connectivity index (χ2n) is 7.24. The molecule has 3 heteroatoms. The van der Waals surface area contributed by atoms with Crippen LogP contribution in [0.25, 0.3) is 5.69 Å². The lowest BCUT2D eigenvalue weighted by Crippen LogP contribution is -2.12. The standard InChI is InChI=1S/C22H23N3/c1-2-7-18(8-3-1)25-22-13-11-16(20(22)15-24-25)10-12-21-19-9-5-4-6-17(19)14-23-21/h1-9,15-16,21,23H,10-14H2. The van der Waals surface area contributed by atoms with Crippen LogP contribution in [0.15, 0.2) is 60.8 Å². The Kier molecular flexibility index (Phi) is 3.67. The van der Waals surface area contributed by atoms with E-state index < -0.39 is 0 Å². The smallest absolute Gasteiger partial charge is 0.0648 e. The van der Waals surface area contributed by atoms with Crippen LogP contribution in [0.1, 0.15) is 53.6 Å². The second kappa shape index (κ2) is 6.16. The summed E-state index contributed by atoms with van der Waals surface area (Å²) in [7, 11) is 0. The molecule has 0 radical (unpaired) electrons. The summed E-state index contributed by atoms with van der Waals surface area (Å²) in [5, 5.41) is 8.36. The topological polar surface area (TPSA) is 29.9 Å². The quantitative estimate of drug-likeness (QED) is 0.762. The normalized spacial score (nSPS) is 21.3. The molecule has 2 unspecified atom stereocenters. The third-order valence-corrected chi connectivity index (χ3v) is 5.84. The average Bonchev–Trinajstić information content (AvgIpc) is 3.36. The highest BCUT2D eigenvalue weighted by Gasteiger charge is 2.29. The Morgan fingerprint density at radius 3 is 2.72 bits per heavy atom. The Morgan fingerprint density at radius 2 is 1.80 bits per heavy atom. The molecule has 1 aliphatic heterocycles. The van der Waals surface area contributed by atoms with E-state index in [1.807, 2.05) is 0 Å². The molecule has 0 bridgehead atoms. The first-order valence-corrected chi connectivity index (χ1v) is 9.33. The Bertz CT molecular complexity index is 881. The van der Waals surface area contributed by atoms with Crippen LogP contribution in [0.3, 0.4) is 0 Å². The van der Waals surface area contributed by atoms with Crippen LogP contribution in [0.2, 0.25) is 0 Å². The lowest BCUT2D eigenvalue weighted by Gasteiger charge is -2.15. The van der Waals surface area contributed by atoms with Crippen LogP contribution in [-0.2, 0) is 13.0 Å². The van der Waals surface area contributed by atoms with Crippen molar-refractivity contribution in [2.45, 2.75) is 44.2 Å². The van der Waals surface area contributed by atoms with Gasteiger partial charge in [0.25, 0.3) is 0 Å². The summed E-state index contributed by atoms with van der Waals surface area (Å²) in [4.78, 5) is 0. The van der Waals surface area contributed by atoms with Gasteiger partial charge in [-0.25, -0.2) is 4.68 Å². The monoisotopic (exact) mass is 329 g/mol. The maximum atomic E-state index is 4.68. The minimum Gasteiger partial charge on any atom is -0.306 e. The van der Waals surface area contributed by atoms with Crippen LogP contribution in [0.5, 0.6) is 0 Å². The van der Waals surface area contributed by atoms with Crippen molar-refractivity contribution < 1.29 is 0 Å². The highest BCUT2D eigenvalue weighted by Crippen LogP contribution is 2.39. The molecule has 126 valence electrons. The van der Waals surface area contributed by atoms with E-state index in [1.54, 1.807) is 0 Å². The van der Waals surface area contributed by atoms with Gasteiger partial charge in [0, 0.05) is 18.3 Å². The number of rotatable bonds is 4. The van der Waals surface area contributed by atoms with Crippen molar-refractivity contribution in [3.05, 3.63) is 83.2 Å². The summed E-state index contributed by atoms with van der Waals surface area (Å²) in [5.74, 6) is 0.655. The number of nitrogens with one attached hydrogen (secondary N) is 1. The first-order valence-electron chi connectivity index (χ1n) is 9.33. The zero-order valence-corrected chi connectivity index (χ0v) is 14.4. The van der Waals surface area contributed by atoms with Crippen LogP contribution < -0.4 is 5.32 Å². The summed E-state index contributed by atoms with van der Waals surface area (Å²) >= 11 is 0. The average molecular weight is 329 g/mol. The van der Waals surface area contributed by atoms with Gasteiger partial charge in [0.2, 0.25) is 0 Å². The van der Waals surface area contributed by atoms with Gasteiger partial charge in [-0.3, -0.25) is 0 Å². The number of hydrogen-bond donors (Lipinski definition) is 1. The zero-order chi connectivity index (χ0) is 16.6. The summed E-state index contributed by atoms with van der Waals surface area (Å²) in [6.07, 6.45) is 6.95. The third kappa shape index (κ3) is 2.59. The van der Waals surface area contributed by atoms with Crippen LogP contribution in [0.4, 0.5) is 0 Å². The molecule has 25 heavy (non-hydrogen) atoms.